The first-order chi connectivity index (χ1) is 12.9. The maximum Gasteiger partial charge on any atom is 0.276 e. The van der Waals surface area contributed by atoms with Crippen LogP contribution < -0.4 is 26.6 Å². The molecule has 0 fully saturated rings. The first kappa shape index (κ1) is 19.8. The van der Waals surface area contributed by atoms with Crippen LogP contribution in [-0.4, -0.2) is 30.9 Å². The zero-order valence-electron chi connectivity index (χ0n) is 15.2. The van der Waals surface area contributed by atoms with Crippen LogP contribution >= 0.6 is 0 Å². The molecule has 142 valence electrons. The van der Waals surface area contributed by atoms with Crippen LogP contribution in [0.4, 0.5) is 5.69 Å². The number of benzene rings is 2. The number of hydrazine groups is 1. The van der Waals surface area contributed by atoms with Gasteiger partial charge in [0.15, 0.2) is 6.61 Å². The van der Waals surface area contributed by atoms with E-state index in [9.17, 15) is 14.4 Å². The van der Waals surface area contributed by atoms with Crippen molar-refractivity contribution in [3.8, 4) is 5.75 Å². The summed E-state index contributed by atoms with van der Waals surface area (Å²) in [5, 5.41) is 3.00. The third kappa shape index (κ3) is 6.03. The van der Waals surface area contributed by atoms with Gasteiger partial charge in [-0.1, -0.05) is 29.8 Å². The monoisotopic (exact) mass is 370 g/mol. The van der Waals surface area contributed by atoms with Crippen LogP contribution in [0.15, 0.2) is 42.5 Å². The van der Waals surface area contributed by atoms with Gasteiger partial charge < -0.3 is 15.8 Å². The Morgan fingerprint density at radius 3 is 2.41 bits per heavy atom. The number of anilines is 1. The van der Waals surface area contributed by atoms with E-state index < -0.39 is 17.7 Å². The highest BCUT2D eigenvalue weighted by Gasteiger charge is 2.11. The molecular weight excluding hydrogens is 348 g/mol. The Labute approximate surface area is 157 Å². The molecule has 8 heteroatoms. The van der Waals surface area contributed by atoms with E-state index in [2.05, 4.69) is 16.2 Å². The predicted octanol–water partition coefficient (Wildman–Crippen LogP) is 1.04. The van der Waals surface area contributed by atoms with Crippen LogP contribution in [0.5, 0.6) is 5.75 Å². The van der Waals surface area contributed by atoms with Crippen molar-refractivity contribution in [3.63, 3.8) is 0 Å². The molecule has 0 aliphatic rings. The van der Waals surface area contributed by atoms with Crippen molar-refractivity contribution in [2.24, 2.45) is 5.73 Å². The number of primary amides is 1. The van der Waals surface area contributed by atoms with Crippen molar-refractivity contribution in [2.75, 3.05) is 18.5 Å². The van der Waals surface area contributed by atoms with Crippen molar-refractivity contribution in [3.05, 3.63) is 59.2 Å². The fourth-order valence-electron chi connectivity index (χ4n) is 2.35. The van der Waals surface area contributed by atoms with Crippen LogP contribution in [0.25, 0.3) is 0 Å². The number of aryl methyl sites for hydroxylation is 2. The second-order valence-electron chi connectivity index (χ2n) is 5.92. The van der Waals surface area contributed by atoms with Gasteiger partial charge in [0.2, 0.25) is 0 Å². The molecule has 0 atom stereocenters. The summed E-state index contributed by atoms with van der Waals surface area (Å²) in [4.78, 5) is 34.9. The van der Waals surface area contributed by atoms with Crippen molar-refractivity contribution in [2.45, 2.75) is 13.8 Å². The molecule has 2 aromatic carbocycles. The Morgan fingerprint density at radius 2 is 1.70 bits per heavy atom. The molecule has 0 saturated heterocycles. The highest BCUT2D eigenvalue weighted by Crippen LogP contribution is 2.17. The molecule has 27 heavy (non-hydrogen) atoms. The quantitative estimate of drug-likeness (QED) is 0.543. The summed E-state index contributed by atoms with van der Waals surface area (Å²) in [7, 11) is 0. The van der Waals surface area contributed by atoms with E-state index in [0.717, 1.165) is 16.8 Å². The molecule has 3 amide bonds. The molecule has 0 aromatic heterocycles. The number of rotatable bonds is 7. The minimum atomic E-state index is -0.656. The van der Waals surface area contributed by atoms with E-state index in [4.69, 9.17) is 10.5 Å². The Bertz CT molecular complexity index is 851. The van der Waals surface area contributed by atoms with Gasteiger partial charge in [0, 0.05) is 5.69 Å². The van der Waals surface area contributed by atoms with Crippen molar-refractivity contribution >= 4 is 23.4 Å². The summed E-state index contributed by atoms with van der Waals surface area (Å²) in [5.41, 5.74) is 12.9. The van der Waals surface area contributed by atoms with Gasteiger partial charge in [0.25, 0.3) is 17.7 Å². The average Bonchev–Trinajstić information content (AvgIpc) is 2.64. The molecule has 0 aliphatic carbocycles. The molecule has 2 aromatic rings. The SMILES string of the molecule is Cc1ccc(NCC(=O)NNC(=O)COc2ccccc2C(N)=O)c(C)c1. The normalized spacial score (nSPS) is 10.0. The number of carbonyl (C=O) groups excluding carboxylic acids is 3. The molecule has 0 spiro atoms. The zero-order valence-corrected chi connectivity index (χ0v) is 15.2. The van der Waals surface area contributed by atoms with E-state index in [1.807, 2.05) is 32.0 Å². The Hall–Kier alpha value is -3.55. The topological polar surface area (TPSA) is 123 Å². The molecule has 0 bridgehead atoms. The van der Waals surface area contributed by atoms with Gasteiger partial charge in [-0.3, -0.25) is 25.2 Å². The van der Waals surface area contributed by atoms with Crippen molar-refractivity contribution in [1.82, 2.24) is 10.9 Å². The highest BCUT2D eigenvalue weighted by molar-refractivity contribution is 5.95. The molecule has 0 heterocycles. The second kappa shape index (κ2) is 9.23. The molecule has 0 aliphatic heterocycles. The predicted molar refractivity (Wildman–Crippen MR) is 101 cm³/mol. The van der Waals surface area contributed by atoms with Crippen LogP contribution in [0.2, 0.25) is 0 Å². The number of carbonyl (C=O) groups is 3. The maximum atomic E-state index is 11.8. The van der Waals surface area contributed by atoms with E-state index in [1.54, 1.807) is 12.1 Å². The summed E-state index contributed by atoms with van der Waals surface area (Å²) in [6.45, 7) is 3.55. The van der Waals surface area contributed by atoms with Gasteiger partial charge in [-0.2, -0.15) is 0 Å². The van der Waals surface area contributed by atoms with Gasteiger partial charge in [-0.15, -0.1) is 0 Å². The summed E-state index contributed by atoms with van der Waals surface area (Å²) >= 11 is 0. The summed E-state index contributed by atoms with van der Waals surface area (Å²) < 4.78 is 5.27. The molecule has 0 saturated carbocycles. The van der Waals surface area contributed by atoms with E-state index in [0.29, 0.717) is 0 Å². The number of ether oxygens (including phenoxy) is 1. The first-order valence-corrected chi connectivity index (χ1v) is 8.27. The van der Waals surface area contributed by atoms with E-state index in [-0.39, 0.29) is 24.5 Å². The lowest BCUT2D eigenvalue weighted by Gasteiger charge is -2.12. The Morgan fingerprint density at radius 1 is 1.00 bits per heavy atom. The number of para-hydroxylation sites is 1. The fourth-order valence-corrected chi connectivity index (χ4v) is 2.35. The minimum absolute atomic E-state index is 0.00442. The molecule has 5 N–H and O–H groups in total. The average molecular weight is 370 g/mol. The lowest BCUT2D eigenvalue weighted by Crippen LogP contribution is -2.46. The Kier molecular flexibility index (Phi) is 6.76. The van der Waals surface area contributed by atoms with Crippen LogP contribution in [0, 0.1) is 13.8 Å². The molecular formula is C19H22N4O4. The third-order valence-corrected chi connectivity index (χ3v) is 3.67. The fraction of sp³-hybridized carbons (Fsp3) is 0.211. The van der Waals surface area contributed by atoms with Gasteiger partial charge in [0.05, 0.1) is 12.1 Å². The van der Waals surface area contributed by atoms with Crippen molar-refractivity contribution in [1.29, 1.82) is 0 Å². The number of nitrogens with one attached hydrogen (secondary N) is 3. The van der Waals surface area contributed by atoms with Gasteiger partial charge >= 0.3 is 0 Å². The van der Waals surface area contributed by atoms with Gasteiger partial charge in [-0.05, 0) is 37.6 Å². The van der Waals surface area contributed by atoms with Crippen molar-refractivity contribution < 1.29 is 19.1 Å². The molecule has 0 unspecified atom stereocenters. The number of hydrogen-bond acceptors (Lipinski definition) is 5. The van der Waals surface area contributed by atoms with Crippen LogP contribution in [-0.2, 0) is 9.59 Å². The van der Waals surface area contributed by atoms with Gasteiger partial charge in [0.1, 0.15) is 5.75 Å². The smallest absolute Gasteiger partial charge is 0.276 e. The standard InChI is InChI=1S/C19H22N4O4/c1-12-7-8-15(13(2)9-12)21-10-17(24)22-23-18(25)11-27-16-6-4-3-5-14(16)19(20)26/h3-9,21H,10-11H2,1-2H3,(H2,20,26)(H,22,24)(H,23,25). The summed E-state index contributed by atoms with van der Waals surface area (Å²) in [6, 6.07) is 12.1. The lowest BCUT2D eigenvalue weighted by atomic mass is 10.1. The van der Waals surface area contributed by atoms with Crippen LogP contribution in [0.1, 0.15) is 21.5 Å². The second-order valence-corrected chi connectivity index (χ2v) is 5.92. The number of hydrogen-bond donors (Lipinski definition) is 4. The largest absolute Gasteiger partial charge is 0.483 e. The molecule has 2 rings (SSSR count). The van der Waals surface area contributed by atoms with E-state index in [1.165, 1.54) is 12.1 Å². The van der Waals surface area contributed by atoms with Gasteiger partial charge in [-0.25, -0.2) is 0 Å². The minimum Gasteiger partial charge on any atom is -0.483 e. The maximum absolute atomic E-state index is 11.8. The third-order valence-electron chi connectivity index (χ3n) is 3.67. The number of nitrogens with two attached hydrogens (primary N) is 1. The Balaban J connectivity index is 1.75. The summed E-state index contributed by atoms with van der Waals surface area (Å²) in [5.74, 6) is -1.45. The molecule has 0 radical (unpaired) electrons. The summed E-state index contributed by atoms with van der Waals surface area (Å²) in [6.07, 6.45) is 0. The number of amides is 3. The van der Waals surface area contributed by atoms with Crippen LogP contribution in [0.3, 0.4) is 0 Å². The zero-order chi connectivity index (χ0) is 19.8. The van der Waals surface area contributed by atoms with E-state index >= 15 is 0 Å². The lowest BCUT2D eigenvalue weighted by molar-refractivity contribution is -0.129. The molecule has 8 nitrogen and oxygen atoms in total. The highest BCUT2D eigenvalue weighted by atomic mass is 16.5. The first-order valence-electron chi connectivity index (χ1n) is 8.27.